The van der Waals surface area contributed by atoms with Gasteiger partial charge in [-0.1, -0.05) is 48.0 Å². The highest BCUT2D eigenvalue weighted by molar-refractivity contribution is 6.36. The van der Waals surface area contributed by atoms with Gasteiger partial charge >= 0.3 is 5.69 Å². The molecule has 1 fully saturated rings. The van der Waals surface area contributed by atoms with Gasteiger partial charge in [0.15, 0.2) is 5.65 Å². The number of nitrogens with one attached hydrogen (secondary N) is 2. The van der Waals surface area contributed by atoms with Crippen LogP contribution in [0.4, 0.5) is 11.5 Å². The van der Waals surface area contributed by atoms with Gasteiger partial charge in [-0.3, -0.25) is 13.9 Å². The van der Waals surface area contributed by atoms with Crippen molar-refractivity contribution in [1.29, 1.82) is 0 Å². The summed E-state index contributed by atoms with van der Waals surface area (Å²) in [5, 5.41) is 17.7. The summed E-state index contributed by atoms with van der Waals surface area (Å²) in [6.45, 7) is 5.08. The highest BCUT2D eigenvalue weighted by Gasteiger charge is 2.24. The molecule has 1 aliphatic rings. The van der Waals surface area contributed by atoms with Gasteiger partial charge in [0, 0.05) is 55.7 Å². The number of aryl methyl sites for hydroxylation is 2. The molecule has 6 rings (SSSR count). The number of anilines is 2. The molecule has 12 nitrogen and oxygen atoms in total. The summed E-state index contributed by atoms with van der Waals surface area (Å²) < 4.78 is 13.4. The van der Waals surface area contributed by atoms with Crippen LogP contribution in [0, 0.1) is 13.8 Å². The summed E-state index contributed by atoms with van der Waals surface area (Å²) in [4.78, 5) is 39.4. The Morgan fingerprint density at radius 3 is 2.51 bits per heavy atom. The highest BCUT2D eigenvalue weighted by atomic mass is 35.5. The van der Waals surface area contributed by atoms with E-state index >= 15 is 0 Å². The molecule has 3 aromatic heterocycles. The van der Waals surface area contributed by atoms with E-state index in [9.17, 15) is 14.7 Å². The third-order valence-electron chi connectivity index (χ3n) is 8.58. The largest absolute Gasteiger partial charge is 0.481 e. The van der Waals surface area contributed by atoms with Crippen LogP contribution in [0.1, 0.15) is 23.4 Å². The molecule has 0 radical (unpaired) electrons. The molecule has 0 spiro atoms. The molecule has 0 saturated carbocycles. The van der Waals surface area contributed by atoms with E-state index in [4.69, 9.17) is 26.1 Å². The van der Waals surface area contributed by atoms with Crippen molar-refractivity contribution in [2.75, 3.05) is 25.6 Å². The van der Waals surface area contributed by atoms with Crippen LogP contribution >= 0.6 is 11.6 Å². The fourth-order valence-electron chi connectivity index (χ4n) is 5.92. The van der Waals surface area contributed by atoms with Crippen LogP contribution in [0.25, 0.3) is 33.4 Å². The Balaban J connectivity index is 1.34. The maximum absolute atomic E-state index is 13.2. The molecule has 4 heterocycles. The Hall–Kier alpha value is -4.62. The molecule has 0 unspecified atom stereocenters. The number of hydrogen-bond donors (Lipinski definition) is 3. The molecule has 1 aliphatic heterocycles. The van der Waals surface area contributed by atoms with Crippen LogP contribution in [-0.2, 0) is 25.4 Å². The van der Waals surface area contributed by atoms with Crippen molar-refractivity contribution in [3.8, 4) is 28.3 Å². The van der Waals surface area contributed by atoms with E-state index in [0.29, 0.717) is 53.7 Å². The first-order valence-corrected chi connectivity index (χ1v) is 15.6. The van der Waals surface area contributed by atoms with Gasteiger partial charge in [-0.2, -0.15) is 0 Å². The predicted octanol–water partition coefficient (Wildman–Crippen LogP) is 4.02. The number of halogens is 1. The number of rotatable bonds is 8. The normalized spacial score (nSPS) is 16.4. The third-order valence-corrected chi connectivity index (χ3v) is 8.98. The van der Waals surface area contributed by atoms with Crippen molar-refractivity contribution in [3.05, 3.63) is 91.3 Å². The molecular formula is C34H36ClN7O5. The number of benzene rings is 2. The van der Waals surface area contributed by atoms with E-state index < -0.39 is 17.4 Å². The lowest BCUT2D eigenvalue weighted by Crippen LogP contribution is -2.46. The Labute approximate surface area is 276 Å². The number of pyridine rings is 1. The van der Waals surface area contributed by atoms with Crippen molar-refractivity contribution in [2.24, 2.45) is 14.1 Å². The Morgan fingerprint density at radius 2 is 1.74 bits per heavy atom. The molecule has 0 amide bonds. The average molecular weight is 658 g/mol. The van der Waals surface area contributed by atoms with Gasteiger partial charge in [-0.15, -0.1) is 0 Å². The van der Waals surface area contributed by atoms with Crippen LogP contribution in [-0.4, -0.2) is 61.7 Å². The van der Waals surface area contributed by atoms with Gasteiger partial charge < -0.3 is 25.2 Å². The van der Waals surface area contributed by atoms with E-state index in [1.54, 1.807) is 21.1 Å². The minimum Gasteiger partial charge on any atom is -0.481 e. The number of aromatic nitrogens is 5. The second-order valence-corrected chi connectivity index (χ2v) is 12.0. The monoisotopic (exact) mass is 657 g/mol. The van der Waals surface area contributed by atoms with E-state index in [0.717, 1.165) is 38.8 Å². The number of aliphatic hydroxyl groups excluding tert-OH is 1. The Bertz CT molecular complexity index is 2110. The SMILES string of the molecule is COc1nc(-c2cccc(-c3cccc(Nc4nc(C)nc5c4c(=O)n(C)c(=O)n5C)c3C)c2Cl)ccc1CN[C@@H]1CCOC[C@H]1O. The van der Waals surface area contributed by atoms with Crippen molar-refractivity contribution in [3.63, 3.8) is 0 Å². The zero-order chi connectivity index (χ0) is 33.4. The van der Waals surface area contributed by atoms with Gasteiger partial charge in [-0.05, 0) is 43.5 Å². The summed E-state index contributed by atoms with van der Waals surface area (Å²) in [5.41, 5.74) is 4.82. The van der Waals surface area contributed by atoms with Gasteiger partial charge in [0.25, 0.3) is 5.56 Å². The number of methoxy groups -OCH3 is 1. The molecule has 0 aliphatic carbocycles. The van der Waals surface area contributed by atoms with Crippen molar-refractivity contribution in [2.45, 2.75) is 39.0 Å². The van der Waals surface area contributed by atoms with Crippen LogP contribution in [0.3, 0.4) is 0 Å². The first-order valence-electron chi connectivity index (χ1n) is 15.2. The van der Waals surface area contributed by atoms with Gasteiger partial charge in [0.2, 0.25) is 5.88 Å². The van der Waals surface area contributed by atoms with Gasteiger partial charge in [0.05, 0.1) is 30.5 Å². The summed E-state index contributed by atoms with van der Waals surface area (Å²) in [5.74, 6) is 1.19. The first kappa shape index (κ1) is 32.3. The average Bonchev–Trinajstić information content (AvgIpc) is 3.07. The van der Waals surface area contributed by atoms with Crippen LogP contribution in [0.2, 0.25) is 5.02 Å². The maximum Gasteiger partial charge on any atom is 0.332 e. The molecule has 2 atom stereocenters. The van der Waals surface area contributed by atoms with Crippen molar-refractivity contribution in [1.82, 2.24) is 29.4 Å². The molecule has 1 saturated heterocycles. The summed E-state index contributed by atoms with van der Waals surface area (Å²) in [6.07, 6.45) is 0.162. The molecule has 0 bridgehead atoms. The van der Waals surface area contributed by atoms with E-state index in [-0.39, 0.29) is 17.1 Å². The molecule has 47 heavy (non-hydrogen) atoms. The molecule has 244 valence electrons. The highest BCUT2D eigenvalue weighted by Crippen LogP contribution is 2.40. The zero-order valence-corrected chi connectivity index (χ0v) is 27.6. The summed E-state index contributed by atoms with van der Waals surface area (Å²) in [7, 11) is 4.59. The second kappa shape index (κ2) is 13.2. The smallest absolute Gasteiger partial charge is 0.332 e. The lowest BCUT2D eigenvalue weighted by molar-refractivity contribution is -0.0281. The predicted molar refractivity (Wildman–Crippen MR) is 182 cm³/mol. The molecular weight excluding hydrogens is 622 g/mol. The lowest BCUT2D eigenvalue weighted by Gasteiger charge is -2.28. The molecule has 5 aromatic rings. The third kappa shape index (κ3) is 6.12. The fraction of sp³-hybridized carbons (Fsp3) is 0.324. The summed E-state index contributed by atoms with van der Waals surface area (Å²) in [6, 6.07) is 15.4. The number of fused-ring (bicyclic) bond motifs is 1. The minimum absolute atomic E-state index is 0.0658. The quantitative estimate of drug-likeness (QED) is 0.224. The van der Waals surface area contributed by atoms with Crippen LogP contribution in [0.5, 0.6) is 5.88 Å². The van der Waals surface area contributed by atoms with Crippen LogP contribution in [0.15, 0.2) is 58.1 Å². The number of nitrogens with zero attached hydrogens (tertiary/aromatic N) is 5. The maximum atomic E-state index is 13.2. The van der Waals surface area contributed by atoms with E-state index in [1.807, 2.05) is 55.5 Å². The van der Waals surface area contributed by atoms with Crippen LogP contribution < -0.4 is 26.6 Å². The van der Waals surface area contributed by atoms with E-state index in [1.165, 1.54) is 11.6 Å². The number of aliphatic hydroxyl groups is 1. The van der Waals surface area contributed by atoms with E-state index in [2.05, 4.69) is 20.6 Å². The fourth-order valence-corrected chi connectivity index (χ4v) is 6.24. The van der Waals surface area contributed by atoms with Crippen molar-refractivity contribution >= 4 is 34.1 Å². The number of ether oxygens (including phenoxy) is 2. The molecule has 3 N–H and O–H groups in total. The Kier molecular flexibility index (Phi) is 9.11. The molecule has 2 aromatic carbocycles. The van der Waals surface area contributed by atoms with Crippen molar-refractivity contribution < 1.29 is 14.6 Å². The lowest BCUT2D eigenvalue weighted by atomic mass is 9.96. The Morgan fingerprint density at radius 1 is 1.00 bits per heavy atom. The van der Waals surface area contributed by atoms with Gasteiger partial charge in [0.1, 0.15) is 17.0 Å². The second-order valence-electron chi connectivity index (χ2n) is 11.6. The number of hydrogen-bond acceptors (Lipinski definition) is 10. The molecule has 13 heteroatoms. The first-order chi connectivity index (χ1) is 22.6. The topological polar surface area (TPSA) is 145 Å². The zero-order valence-electron chi connectivity index (χ0n) is 26.8. The minimum atomic E-state index is -0.562. The summed E-state index contributed by atoms with van der Waals surface area (Å²) >= 11 is 7.10. The standard InChI is InChI=1S/C34H36ClN7O5/c1-18-21(8-7-11-24(18)39-30-28-31(38-19(2)37-30)41(3)34(45)42(4)33(28)44)22-9-6-10-23(29(22)35)25-13-12-20(32(40-25)46-5)16-36-26-14-15-47-17-27(26)43/h6-13,26-27,36,43H,14-17H2,1-5H3,(H,37,38,39)/t26-,27-/m1/s1. The van der Waals surface area contributed by atoms with Gasteiger partial charge in [-0.25, -0.2) is 19.7 Å².